The maximum absolute atomic E-state index is 15.4. The van der Waals surface area contributed by atoms with Crippen LogP contribution in [0.2, 0.25) is 10.0 Å². The average Bonchev–Trinajstić information content (AvgIpc) is 3.98. The molecule has 10 nitrogen and oxygen atoms in total. The maximum atomic E-state index is 15.4. The number of hydrogen-bond donors (Lipinski definition) is 0. The zero-order valence-corrected chi connectivity index (χ0v) is 27.8. The molecule has 3 fully saturated rings. The third-order valence-electron chi connectivity index (χ3n) is 8.98. The molecule has 2 aliphatic carbocycles. The van der Waals surface area contributed by atoms with E-state index in [-0.39, 0.29) is 30.5 Å². The fraction of sp³-hybridized carbons (Fsp3) is 0.394. The second-order valence-corrected chi connectivity index (χ2v) is 15.4. The number of anilines is 1. The number of benzene rings is 3. The molecule has 2 saturated carbocycles. The molecular formula is C33H33Cl2FN6O4S. The van der Waals surface area contributed by atoms with Crippen molar-refractivity contribution in [2.75, 3.05) is 10.8 Å². The van der Waals surface area contributed by atoms with E-state index in [4.69, 9.17) is 27.9 Å². The minimum Gasteiger partial charge on any atom is -0.357 e. The van der Waals surface area contributed by atoms with Crippen LogP contribution in [0.15, 0.2) is 72.8 Å². The van der Waals surface area contributed by atoms with Crippen molar-refractivity contribution in [1.29, 1.82) is 0 Å². The molecule has 0 N–H and O–H groups in total. The predicted molar refractivity (Wildman–Crippen MR) is 175 cm³/mol. The highest BCUT2D eigenvalue weighted by Crippen LogP contribution is 2.49. The molecular weight excluding hydrogens is 666 g/mol. The molecule has 0 bridgehead atoms. The zero-order chi connectivity index (χ0) is 32.9. The Labute approximate surface area is 282 Å². The summed E-state index contributed by atoms with van der Waals surface area (Å²) in [6.45, 7) is -0.112. The monoisotopic (exact) mass is 698 g/mol. The summed E-state index contributed by atoms with van der Waals surface area (Å²) in [6, 6.07) is 19.0. The van der Waals surface area contributed by atoms with Gasteiger partial charge in [0, 0.05) is 16.5 Å². The molecule has 2 heterocycles. The van der Waals surface area contributed by atoms with Gasteiger partial charge >= 0.3 is 0 Å². The number of rotatable bonds is 11. The van der Waals surface area contributed by atoms with Gasteiger partial charge in [0.15, 0.2) is 5.82 Å². The van der Waals surface area contributed by atoms with Crippen LogP contribution in [0.25, 0.3) is 0 Å². The minimum absolute atomic E-state index is 0.0224. The van der Waals surface area contributed by atoms with Gasteiger partial charge in [-0.05, 0) is 84.3 Å². The van der Waals surface area contributed by atoms with E-state index in [9.17, 15) is 13.2 Å². The summed E-state index contributed by atoms with van der Waals surface area (Å²) in [7, 11) is -2.28. The fourth-order valence-electron chi connectivity index (χ4n) is 6.43. The number of halogens is 3. The van der Waals surface area contributed by atoms with E-state index in [0.717, 1.165) is 24.0 Å². The van der Waals surface area contributed by atoms with Crippen LogP contribution in [0, 0.1) is 11.7 Å². The van der Waals surface area contributed by atoms with Crippen LogP contribution in [0.1, 0.15) is 54.8 Å². The van der Waals surface area contributed by atoms with Gasteiger partial charge in [-0.3, -0.25) is 9.10 Å². The van der Waals surface area contributed by atoms with Crippen molar-refractivity contribution >= 4 is 44.8 Å². The van der Waals surface area contributed by atoms with Crippen LogP contribution in [0.3, 0.4) is 0 Å². The summed E-state index contributed by atoms with van der Waals surface area (Å²) in [6.07, 6.45) is 0.907. The first-order chi connectivity index (χ1) is 22.6. The van der Waals surface area contributed by atoms with Gasteiger partial charge in [0.1, 0.15) is 18.0 Å². The van der Waals surface area contributed by atoms with Gasteiger partial charge in [0.05, 0.1) is 36.6 Å². The number of nitrogens with zero attached hydrogens (tertiary/aromatic N) is 6. The summed E-state index contributed by atoms with van der Waals surface area (Å²) in [4.78, 5) is 17.9. The van der Waals surface area contributed by atoms with Crippen molar-refractivity contribution < 1.29 is 22.3 Å². The van der Waals surface area contributed by atoms with E-state index in [0.29, 0.717) is 28.7 Å². The molecule has 1 aromatic heterocycles. The Hall–Kier alpha value is -3.58. The number of carbonyl (C=O) groups is 1. The number of amides is 1. The van der Waals surface area contributed by atoms with Crippen molar-refractivity contribution in [3.05, 3.63) is 106 Å². The molecule has 7 rings (SSSR count). The lowest BCUT2D eigenvalue weighted by Crippen LogP contribution is -2.59. The lowest BCUT2D eigenvalue weighted by Gasteiger charge is -2.49. The summed E-state index contributed by atoms with van der Waals surface area (Å²) < 4.78 is 51.2. The summed E-state index contributed by atoms with van der Waals surface area (Å²) in [5.74, 6) is -0.680. The van der Waals surface area contributed by atoms with Crippen LogP contribution in [0.4, 0.5) is 10.1 Å². The maximum Gasteiger partial charge on any atom is 0.253 e. The van der Waals surface area contributed by atoms with Gasteiger partial charge in [-0.2, -0.15) is 4.80 Å². The van der Waals surface area contributed by atoms with Crippen molar-refractivity contribution in [3.8, 4) is 0 Å². The molecule has 0 radical (unpaired) electrons. The predicted octanol–water partition coefficient (Wildman–Crippen LogP) is 5.69. The number of hydrogen-bond acceptors (Lipinski definition) is 7. The molecule has 4 aromatic rings. The van der Waals surface area contributed by atoms with Crippen LogP contribution in [-0.2, 0) is 33.0 Å². The molecule has 246 valence electrons. The molecule has 3 aliphatic rings. The first-order valence-electron chi connectivity index (χ1n) is 15.6. The van der Waals surface area contributed by atoms with Gasteiger partial charge in [-0.15, -0.1) is 10.2 Å². The van der Waals surface area contributed by atoms with E-state index >= 15 is 4.39 Å². The standard InChI is InChI=1S/C33H33Cl2FN6O4S/c1-40-38-30(37-39-40)18-29-33(43)42(31(21-11-13-23(34)14-12-21)32(46-29)22-5-4-6-24(35)17-22)28(20-9-10-20)19-41(47(44,45)25-15-16-25)27-8-3-2-7-26(27)36/h2-8,11-14,17,20,25,28-29,31-32H,9-10,15-16,18-19H2,1H3/t28-,29+,31-,32-/m1/s1. The average molecular weight is 700 g/mol. The normalized spacial score (nSPS) is 22.3. The Morgan fingerprint density at radius 2 is 1.72 bits per heavy atom. The Morgan fingerprint density at radius 1 is 0.979 bits per heavy atom. The van der Waals surface area contributed by atoms with E-state index < -0.39 is 45.4 Å². The third-order valence-corrected chi connectivity index (χ3v) is 11.7. The summed E-state index contributed by atoms with van der Waals surface area (Å²) >= 11 is 12.8. The number of para-hydroxylation sites is 1. The van der Waals surface area contributed by atoms with E-state index in [1.807, 2.05) is 24.3 Å². The molecule has 3 aromatic carbocycles. The highest BCUT2D eigenvalue weighted by molar-refractivity contribution is 7.93. The first-order valence-corrected chi connectivity index (χ1v) is 17.8. The van der Waals surface area contributed by atoms with Crippen molar-refractivity contribution in [2.24, 2.45) is 13.0 Å². The van der Waals surface area contributed by atoms with Gasteiger partial charge < -0.3 is 9.64 Å². The minimum atomic E-state index is -3.92. The van der Waals surface area contributed by atoms with Crippen LogP contribution in [-0.4, -0.2) is 63.4 Å². The number of morpholine rings is 1. The molecule has 1 saturated heterocycles. The Morgan fingerprint density at radius 3 is 2.36 bits per heavy atom. The Balaban J connectivity index is 1.37. The van der Waals surface area contributed by atoms with Gasteiger partial charge in [-0.25, -0.2) is 12.8 Å². The van der Waals surface area contributed by atoms with E-state index in [2.05, 4.69) is 15.4 Å². The number of aromatic nitrogens is 4. The highest BCUT2D eigenvalue weighted by Gasteiger charge is 2.52. The smallest absolute Gasteiger partial charge is 0.253 e. The fourth-order valence-corrected chi connectivity index (χ4v) is 8.63. The SMILES string of the molecule is Cn1nnc(C[C@@H]2O[C@H](c3cccc(Cl)c3)[C@@H](c3ccc(Cl)cc3)N([C@H](CN(c3ccccc3F)S(=O)(=O)C3CC3)C3CC3)C2=O)n1. The number of sulfonamides is 1. The largest absolute Gasteiger partial charge is 0.357 e. The zero-order valence-electron chi connectivity index (χ0n) is 25.5. The van der Waals surface area contributed by atoms with Gasteiger partial charge in [-0.1, -0.05) is 59.6 Å². The van der Waals surface area contributed by atoms with Crippen LogP contribution >= 0.6 is 23.2 Å². The Kier molecular flexibility index (Phi) is 8.71. The molecule has 14 heteroatoms. The highest BCUT2D eigenvalue weighted by atomic mass is 35.5. The topological polar surface area (TPSA) is 111 Å². The number of tetrazole rings is 1. The molecule has 47 heavy (non-hydrogen) atoms. The first kappa shape index (κ1) is 32.0. The van der Waals surface area contributed by atoms with Crippen molar-refractivity contribution in [2.45, 2.75) is 61.6 Å². The number of ether oxygens (including phenoxy) is 1. The molecule has 4 atom stereocenters. The molecule has 1 amide bonds. The summed E-state index contributed by atoms with van der Waals surface area (Å²) in [5.41, 5.74) is 1.45. The van der Waals surface area contributed by atoms with Crippen LogP contribution in [0.5, 0.6) is 0 Å². The van der Waals surface area contributed by atoms with Gasteiger partial charge in [0.25, 0.3) is 5.91 Å². The van der Waals surface area contributed by atoms with E-state index in [1.54, 1.807) is 42.3 Å². The number of aryl methyl sites for hydroxylation is 1. The molecule has 0 spiro atoms. The quantitative estimate of drug-likeness (QED) is 0.198. The van der Waals surface area contributed by atoms with Crippen molar-refractivity contribution in [3.63, 3.8) is 0 Å². The second kappa shape index (κ2) is 12.8. The lowest BCUT2D eigenvalue weighted by molar-refractivity contribution is -0.179. The number of carbonyl (C=O) groups excluding carboxylic acids is 1. The molecule has 0 unspecified atom stereocenters. The van der Waals surface area contributed by atoms with Crippen molar-refractivity contribution in [1.82, 2.24) is 25.1 Å². The third kappa shape index (κ3) is 6.61. The lowest BCUT2D eigenvalue weighted by atomic mass is 9.89. The Bertz CT molecular complexity index is 1890. The van der Waals surface area contributed by atoms with E-state index in [1.165, 1.54) is 27.3 Å². The van der Waals surface area contributed by atoms with Crippen LogP contribution < -0.4 is 4.31 Å². The second-order valence-electron chi connectivity index (χ2n) is 12.4. The van der Waals surface area contributed by atoms with Gasteiger partial charge in [0.2, 0.25) is 10.0 Å². The summed E-state index contributed by atoms with van der Waals surface area (Å²) in [5, 5.41) is 12.7. The molecule has 1 aliphatic heterocycles.